The number of benzene rings is 2. The first-order chi connectivity index (χ1) is 14.3. The number of carbonyl (C=O) groups excluding carboxylic acids is 1. The van der Waals surface area contributed by atoms with Crippen LogP contribution in [-0.2, 0) is 18.3 Å². The molecule has 0 saturated carbocycles. The number of fused-ring (bicyclic) bond motifs is 2. The fourth-order valence-electron chi connectivity index (χ4n) is 3.39. The molecule has 2 aliphatic rings. The molecule has 4 rings (SSSR count). The van der Waals surface area contributed by atoms with Crippen molar-refractivity contribution in [2.24, 2.45) is 0 Å². The highest BCUT2D eigenvalue weighted by molar-refractivity contribution is 5.96. The summed E-state index contributed by atoms with van der Waals surface area (Å²) >= 11 is 0. The number of halogens is 1. The molecule has 2 heterocycles. The molecule has 0 fully saturated rings. The van der Waals surface area contributed by atoms with E-state index in [9.17, 15) is 9.18 Å². The summed E-state index contributed by atoms with van der Waals surface area (Å²) < 4.78 is 12.8. The standard InChI is InChI=1S/C13H14N2O.C10H10FN.C2H6/c1-13(2,8-14)10-3-4-11-9(7-10)5-6-15-12(11)16;1-7-10-3-2-9(11)6-8(10)4-5-12-7;1-2/h3-4,7H,5-6H2,1-2H3,(H,15,16);2-3,6,12H,1,4-5H2;1-2H3. The first kappa shape index (κ1) is 23.2. The van der Waals surface area contributed by atoms with Gasteiger partial charge in [-0.1, -0.05) is 32.6 Å². The second-order valence-electron chi connectivity index (χ2n) is 7.57. The van der Waals surface area contributed by atoms with Crippen LogP contribution in [0.15, 0.2) is 43.0 Å². The zero-order chi connectivity index (χ0) is 22.3. The molecule has 0 aliphatic carbocycles. The van der Waals surface area contributed by atoms with Crippen molar-refractivity contribution < 1.29 is 9.18 Å². The van der Waals surface area contributed by atoms with Crippen LogP contribution in [0.1, 0.15) is 60.3 Å². The van der Waals surface area contributed by atoms with Gasteiger partial charge in [0.25, 0.3) is 5.91 Å². The summed E-state index contributed by atoms with van der Waals surface area (Å²) in [5.41, 5.74) is 5.26. The third kappa shape index (κ3) is 5.27. The molecule has 2 aliphatic heterocycles. The average molecular weight is 408 g/mol. The van der Waals surface area contributed by atoms with Crippen LogP contribution in [0, 0.1) is 17.1 Å². The molecule has 0 bridgehead atoms. The second kappa shape index (κ2) is 10.1. The molecule has 1 amide bonds. The molecular formula is C25H30FN3O. The largest absolute Gasteiger partial charge is 0.385 e. The maximum atomic E-state index is 12.8. The van der Waals surface area contributed by atoms with Crippen LogP contribution >= 0.6 is 0 Å². The van der Waals surface area contributed by atoms with Gasteiger partial charge in [-0.3, -0.25) is 4.79 Å². The maximum Gasteiger partial charge on any atom is 0.251 e. The predicted molar refractivity (Wildman–Crippen MR) is 120 cm³/mol. The quantitative estimate of drug-likeness (QED) is 0.717. The Morgan fingerprint density at radius 1 is 1.00 bits per heavy atom. The van der Waals surface area contributed by atoms with Crippen molar-refractivity contribution in [1.29, 1.82) is 5.26 Å². The van der Waals surface area contributed by atoms with E-state index in [4.69, 9.17) is 5.26 Å². The Hall–Kier alpha value is -3.13. The summed E-state index contributed by atoms with van der Waals surface area (Å²) in [5, 5.41) is 15.0. The SMILES string of the molecule is C=C1NCCc2cc(F)ccc21.CC.CC(C)(C#N)c1ccc2c(c1)CCNC2=O. The molecule has 4 nitrogen and oxygen atoms in total. The van der Waals surface area contributed by atoms with Crippen molar-refractivity contribution in [3.63, 3.8) is 0 Å². The van der Waals surface area contributed by atoms with Crippen LogP contribution < -0.4 is 10.6 Å². The van der Waals surface area contributed by atoms with E-state index >= 15 is 0 Å². The molecule has 2 aromatic carbocycles. The third-order valence-corrected chi connectivity index (χ3v) is 5.16. The molecule has 0 spiro atoms. The second-order valence-corrected chi connectivity index (χ2v) is 7.57. The van der Waals surface area contributed by atoms with Gasteiger partial charge >= 0.3 is 0 Å². The minimum atomic E-state index is -0.497. The topological polar surface area (TPSA) is 64.9 Å². The van der Waals surface area contributed by atoms with Gasteiger partial charge in [0, 0.05) is 29.9 Å². The summed E-state index contributed by atoms with van der Waals surface area (Å²) in [5.74, 6) is -0.175. The van der Waals surface area contributed by atoms with Gasteiger partial charge in [-0.25, -0.2) is 4.39 Å². The fraction of sp³-hybridized carbons (Fsp3) is 0.360. The fourth-order valence-corrected chi connectivity index (χ4v) is 3.39. The van der Waals surface area contributed by atoms with Crippen LogP contribution in [0.3, 0.4) is 0 Å². The lowest BCUT2D eigenvalue weighted by atomic mass is 9.83. The molecule has 158 valence electrons. The van der Waals surface area contributed by atoms with Gasteiger partial charge in [-0.05, 0) is 67.6 Å². The smallest absolute Gasteiger partial charge is 0.251 e. The van der Waals surface area contributed by atoms with Crippen molar-refractivity contribution in [2.45, 2.75) is 46.0 Å². The van der Waals surface area contributed by atoms with E-state index in [-0.39, 0.29) is 11.7 Å². The Morgan fingerprint density at radius 3 is 2.27 bits per heavy atom. The van der Waals surface area contributed by atoms with Crippen molar-refractivity contribution in [2.75, 3.05) is 13.1 Å². The lowest BCUT2D eigenvalue weighted by molar-refractivity contribution is 0.0946. The molecule has 0 unspecified atom stereocenters. The summed E-state index contributed by atoms with van der Waals surface area (Å²) in [6, 6.07) is 12.8. The van der Waals surface area contributed by atoms with Crippen LogP contribution in [-0.4, -0.2) is 19.0 Å². The summed E-state index contributed by atoms with van der Waals surface area (Å²) in [7, 11) is 0. The van der Waals surface area contributed by atoms with Crippen LogP contribution in [0.25, 0.3) is 5.70 Å². The van der Waals surface area contributed by atoms with Gasteiger partial charge in [-0.15, -0.1) is 0 Å². The van der Waals surface area contributed by atoms with E-state index in [1.54, 1.807) is 12.1 Å². The van der Waals surface area contributed by atoms with E-state index in [0.717, 1.165) is 52.9 Å². The van der Waals surface area contributed by atoms with Gasteiger partial charge in [0.1, 0.15) is 5.82 Å². The minimum Gasteiger partial charge on any atom is -0.385 e. The van der Waals surface area contributed by atoms with E-state index in [2.05, 4.69) is 23.3 Å². The van der Waals surface area contributed by atoms with Gasteiger partial charge < -0.3 is 10.6 Å². The number of rotatable bonds is 1. The van der Waals surface area contributed by atoms with Crippen LogP contribution in [0.5, 0.6) is 0 Å². The van der Waals surface area contributed by atoms with Gasteiger partial charge in [0.05, 0.1) is 11.5 Å². The lowest BCUT2D eigenvalue weighted by Crippen LogP contribution is -2.32. The Labute approximate surface area is 178 Å². The number of hydrogen-bond acceptors (Lipinski definition) is 3. The summed E-state index contributed by atoms with van der Waals surface area (Å²) in [6.45, 7) is 13.2. The van der Waals surface area contributed by atoms with Crippen molar-refractivity contribution >= 4 is 11.6 Å². The van der Waals surface area contributed by atoms with E-state index in [1.807, 2.05) is 45.9 Å². The average Bonchev–Trinajstić information content (AvgIpc) is 2.75. The highest BCUT2D eigenvalue weighted by Crippen LogP contribution is 2.26. The van der Waals surface area contributed by atoms with Gasteiger partial charge in [0.15, 0.2) is 0 Å². The number of hydrogen-bond donors (Lipinski definition) is 2. The Morgan fingerprint density at radius 2 is 1.60 bits per heavy atom. The van der Waals surface area contributed by atoms with Gasteiger partial charge in [0.2, 0.25) is 0 Å². The Bertz CT molecular complexity index is 973. The molecule has 5 heteroatoms. The number of amides is 1. The van der Waals surface area contributed by atoms with Crippen molar-refractivity contribution in [3.8, 4) is 6.07 Å². The van der Waals surface area contributed by atoms with Gasteiger partial charge in [-0.2, -0.15) is 5.26 Å². The van der Waals surface area contributed by atoms with E-state index < -0.39 is 5.41 Å². The number of nitrogens with zero attached hydrogens (tertiary/aromatic N) is 1. The maximum absolute atomic E-state index is 12.8. The van der Waals surface area contributed by atoms with E-state index in [0.29, 0.717) is 6.54 Å². The molecular weight excluding hydrogens is 377 g/mol. The summed E-state index contributed by atoms with van der Waals surface area (Å²) in [6.07, 6.45) is 1.72. The molecule has 0 atom stereocenters. The zero-order valence-corrected chi connectivity index (χ0v) is 18.2. The van der Waals surface area contributed by atoms with E-state index in [1.165, 1.54) is 6.07 Å². The molecule has 2 N–H and O–H groups in total. The molecule has 30 heavy (non-hydrogen) atoms. The summed E-state index contributed by atoms with van der Waals surface area (Å²) in [4.78, 5) is 11.5. The molecule has 0 saturated heterocycles. The van der Waals surface area contributed by atoms with Crippen molar-refractivity contribution in [1.82, 2.24) is 10.6 Å². The first-order valence-electron chi connectivity index (χ1n) is 10.4. The Kier molecular flexibility index (Phi) is 7.77. The Balaban J connectivity index is 0.000000204. The first-order valence-corrected chi connectivity index (χ1v) is 10.4. The monoisotopic (exact) mass is 407 g/mol. The number of carbonyl (C=O) groups is 1. The van der Waals surface area contributed by atoms with Crippen molar-refractivity contribution in [3.05, 3.63) is 76.6 Å². The highest BCUT2D eigenvalue weighted by atomic mass is 19.1. The predicted octanol–water partition coefficient (Wildman–Crippen LogP) is 4.74. The molecule has 0 radical (unpaired) electrons. The molecule has 2 aromatic rings. The minimum absolute atomic E-state index is 0.0115. The normalized spacial score (nSPS) is 14.3. The zero-order valence-electron chi connectivity index (χ0n) is 18.2. The third-order valence-electron chi connectivity index (χ3n) is 5.16. The number of nitriles is 1. The van der Waals surface area contributed by atoms with Crippen LogP contribution in [0.2, 0.25) is 0 Å². The number of nitrogens with one attached hydrogen (secondary N) is 2. The van der Waals surface area contributed by atoms with Crippen LogP contribution in [0.4, 0.5) is 4.39 Å². The lowest BCUT2D eigenvalue weighted by Gasteiger charge is -2.21. The highest BCUT2D eigenvalue weighted by Gasteiger charge is 2.23. The molecule has 0 aromatic heterocycles.